The molecule has 0 bridgehead atoms. The van der Waals surface area contributed by atoms with Crippen LogP contribution in [0, 0.1) is 6.92 Å². The van der Waals surface area contributed by atoms with Gasteiger partial charge in [-0.2, -0.15) is 0 Å². The lowest BCUT2D eigenvalue weighted by Gasteiger charge is -2.10. The maximum absolute atomic E-state index is 12.6. The molecule has 1 rings (SSSR count). The fraction of sp³-hybridized carbons (Fsp3) is 0.400. The van der Waals surface area contributed by atoms with E-state index in [1.165, 1.54) is 20.1 Å². The number of carbonyl (C=O) groups excluding carboxylic acids is 1. The van der Waals surface area contributed by atoms with Crippen LogP contribution in [-0.2, 0) is 16.0 Å². The van der Waals surface area contributed by atoms with E-state index < -0.39 is 23.6 Å². The van der Waals surface area contributed by atoms with Gasteiger partial charge in [0.25, 0.3) is 6.43 Å². The standard InChI is InChI=1S/C10H11F2NO3/c1-5-3-7(14)13-9(10(11)12)6(5)4-8(15)16-2/h3,10H,4H2,1-2H3,(H,13,14). The van der Waals surface area contributed by atoms with E-state index in [-0.39, 0.29) is 12.0 Å². The van der Waals surface area contributed by atoms with Crippen molar-refractivity contribution in [3.8, 4) is 0 Å². The molecule has 0 aliphatic rings. The molecular formula is C10H11F2NO3. The summed E-state index contributed by atoms with van der Waals surface area (Å²) in [5, 5.41) is 0. The van der Waals surface area contributed by atoms with E-state index in [0.29, 0.717) is 5.56 Å². The van der Waals surface area contributed by atoms with Gasteiger partial charge in [0.05, 0.1) is 19.2 Å². The zero-order valence-electron chi connectivity index (χ0n) is 8.84. The summed E-state index contributed by atoms with van der Waals surface area (Å²) in [4.78, 5) is 24.1. The van der Waals surface area contributed by atoms with Gasteiger partial charge in [0, 0.05) is 6.07 Å². The van der Waals surface area contributed by atoms with Crippen molar-refractivity contribution in [1.82, 2.24) is 4.98 Å². The molecule has 0 saturated heterocycles. The van der Waals surface area contributed by atoms with Gasteiger partial charge in [0.1, 0.15) is 0 Å². The summed E-state index contributed by atoms with van der Waals surface area (Å²) in [6.07, 6.45) is -3.11. The average Bonchev–Trinajstić information content (AvgIpc) is 2.20. The van der Waals surface area contributed by atoms with Crippen LogP contribution in [0.4, 0.5) is 8.78 Å². The zero-order chi connectivity index (χ0) is 12.3. The van der Waals surface area contributed by atoms with Crippen molar-refractivity contribution in [2.75, 3.05) is 7.11 Å². The largest absolute Gasteiger partial charge is 0.469 e. The van der Waals surface area contributed by atoms with E-state index in [9.17, 15) is 18.4 Å². The second-order valence-electron chi connectivity index (χ2n) is 3.26. The molecule has 16 heavy (non-hydrogen) atoms. The van der Waals surface area contributed by atoms with Crippen molar-refractivity contribution < 1.29 is 18.3 Å². The molecule has 0 fully saturated rings. The number of nitrogens with one attached hydrogen (secondary N) is 1. The highest BCUT2D eigenvalue weighted by molar-refractivity contribution is 5.73. The molecule has 0 amide bonds. The average molecular weight is 231 g/mol. The molecule has 0 unspecified atom stereocenters. The van der Waals surface area contributed by atoms with E-state index in [0.717, 1.165) is 0 Å². The lowest BCUT2D eigenvalue weighted by molar-refractivity contribution is -0.139. The molecule has 0 radical (unpaired) electrons. The van der Waals surface area contributed by atoms with Crippen LogP contribution in [0.15, 0.2) is 10.9 Å². The molecule has 0 aromatic carbocycles. The quantitative estimate of drug-likeness (QED) is 0.798. The molecule has 1 aromatic heterocycles. The third-order valence-corrected chi connectivity index (χ3v) is 2.17. The molecule has 0 atom stereocenters. The molecule has 0 aliphatic carbocycles. The highest BCUT2D eigenvalue weighted by atomic mass is 19.3. The summed E-state index contributed by atoms with van der Waals surface area (Å²) in [6, 6.07) is 1.17. The number of methoxy groups -OCH3 is 1. The molecule has 1 heterocycles. The molecule has 6 heteroatoms. The molecule has 0 spiro atoms. The normalized spacial score (nSPS) is 10.6. The summed E-state index contributed by atoms with van der Waals surface area (Å²) >= 11 is 0. The number of pyridine rings is 1. The lowest BCUT2D eigenvalue weighted by Crippen LogP contribution is -2.16. The number of hydrogen-bond acceptors (Lipinski definition) is 3. The zero-order valence-corrected chi connectivity index (χ0v) is 8.84. The molecular weight excluding hydrogens is 220 g/mol. The van der Waals surface area contributed by atoms with Gasteiger partial charge in [-0.05, 0) is 18.1 Å². The van der Waals surface area contributed by atoms with Gasteiger partial charge < -0.3 is 9.72 Å². The molecule has 0 aliphatic heterocycles. The van der Waals surface area contributed by atoms with Crippen molar-refractivity contribution in [2.24, 2.45) is 0 Å². The molecule has 4 nitrogen and oxygen atoms in total. The van der Waals surface area contributed by atoms with Gasteiger partial charge in [-0.3, -0.25) is 9.59 Å². The Kier molecular flexibility index (Phi) is 3.76. The van der Waals surface area contributed by atoms with Crippen LogP contribution < -0.4 is 5.56 Å². The van der Waals surface area contributed by atoms with Gasteiger partial charge >= 0.3 is 5.97 Å². The summed E-state index contributed by atoms with van der Waals surface area (Å²) in [7, 11) is 1.17. The van der Waals surface area contributed by atoms with Crippen LogP contribution in [0.1, 0.15) is 23.2 Å². The molecule has 0 saturated carbocycles. The number of hydrogen-bond donors (Lipinski definition) is 1. The minimum atomic E-state index is -2.83. The first-order chi connectivity index (χ1) is 7.45. The van der Waals surface area contributed by atoms with E-state index >= 15 is 0 Å². The first-order valence-electron chi connectivity index (χ1n) is 4.53. The number of aryl methyl sites for hydroxylation is 1. The highest BCUT2D eigenvalue weighted by Crippen LogP contribution is 2.22. The Morgan fingerprint density at radius 3 is 2.69 bits per heavy atom. The smallest absolute Gasteiger partial charge is 0.310 e. The topological polar surface area (TPSA) is 59.2 Å². The number of aromatic nitrogens is 1. The predicted octanol–water partition coefficient (Wildman–Crippen LogP) is 1.34. The number of ether oxygens (including phenoxy) is 1. The number of esters is 1. The minimum Gasteiger partial charge on any atom is -0.469 e. The Morgan fingerprint density at radius 1 is 1.56 bits per heavy atom. The van der Waals surface area contributed by atoms with Crippen molar-refractivity contribution in [1.29, 1.82) is 0 Å². The number of rotatable bonds is 3. The third kappa shape index (κ3) is 2.65. The van der Waals surface area contributed by atoms with Crippen molar-refractivity contribution in [2.45, 2.75) is 19.8 Å². The summed E-state index contributed by atoms with van der Waals surface area (Å²) in [5.41, 5.74) is -0.664. The second kappa shape index (κ2) is 4.87. The number of aromatic amines is 1. The number of carbonyl (C=O) groups is 1. The van der Waals surface area contributed by atoms with Crippen LogP contribution in [0.2, 0.25) is 0 Å². The Hall–Kier alpha value is -1.72. The van der Waals surface area contributed by atoms with Gasteiger partial charge in [-0.25, -0.2) is 8.78 Å². The van der Waals surface area contributed by atoms with Crippen LogP contribution >= 0.6 is 0 Å². The van der Waals surface area contributed by atoms with Crippen LogP contribution in [-0.4, -0.2) is 18.1 Å². The maximum Gasteiger partial charge on any atom is 0.310 e. The summed E-state index contributed by atoms with van der Waals surface area (Å²) in [6.45, 7) is 1.50. The van der Waals surface area contributed by atoms with E-state index in [4.69, 9.17) is 0 Å². The Balaban J connectivity index is 3.24. The predicted molar refractivity (Wildman–Crippen MR) is 52.5 cm³/mol. The van der Waals surface area contributed by atoms with Gasteiger partial charge in [0.2, 0.25) is 5.56 Å². The van der Waals surface area contributed by atoms with E-state index in [1.54, 1.807) is 0 Å². The molecule has 1 aromatic rings. The SMILES string of the molecule is COC(=O)Cc1c(C)cc(=O)[nH]c1C(F)F. The lowest BCUT2D eigenvalue weighted by atomic mass is 10.0. The van der Waals surface area contributed by atoms with Crippen LogP contribution in [0.25, 0.3) is 0 Å². The first-order valence-corrected chi connectivity index (χ1v) is 4.53. The summed E-state index contributed by atoms with van der Waals surface area (Å²) < 4.78 is 29.6. The van der Waals surface area contributed by atoms with E-state index in [1.807, 2.05) is 4.98 Å². The van der Waals surface area contributed by atoms with Gasteiger partial charge in [-0.1, -0.05) is 0 Å². The monoisotopic (exact) mass is 231 g/mol. The first kappa shape index (κ1) is 12.4. The number of halogens is 2. The van der Waals surface area contributed by atoms with Crippen molar-refractivity contribution in [3.63, 3.8) is 0 Å². The summed E-state index contributed by atoms with van der Waals surface area (Å²) in [5.74, 6) is -0.628. The van der Waals surface area contributed by atoms with Gasteiger partial charge in [0.15, 0.2) is 0 Å². The molecule has 1 N–H and O–H groups in total. The highest BCUT2D eigenvalue weighted by Gasteiger charge is 2.18. The van der Waals surface area contributed by atoms with Crippen LogP contribution in [0.3, 0.4) is 0 Å². The second-order valence-corrected chi connectivity index (χ2v) is 3.26. The fourth-order valence-corrected chi connectivity index (χ4v) is 1.38. The third-order valence-electron chi connectivity index (χ3n) is 2.17. The Morgan fingerprint density at radius 2 is 2.19 bits per heavy atom. The van der Waals surface area contributed by atoms with Crippen molar-refractivity contribution in [3.05, 3.63) is 33.2 Å². The molecule has 88 valence electrons. The van der Waals surface area contributed by atoms with E-state index in [2.05, 4.69) is 4.74 Å². The van der Waals surface area contributed by atoms with Crippen LogP contribution in [0.5, 0.6) is 0 Å². The maximum atomic E-state index is 12.6. The number of alkyl halides is 2. The Labute approximate surface area is 90.2 Å². The fourth-order valence-electron chi connectivity index (χ4n) is 1.38. The van der Waals surface area contributed by atoms with Crippen molar-refractivity contribution >= 4 is 5.97 Å². The number of H-pyrrole nitrogens is 1. The Bertz CT molecular complexity index is 454. The minimum absolute atomic E-state index is 0.112. The van der Waals surface area contributed by atoms with Gasteiger partial charge in [-0.15, -0.1) is 0 Å².